The maximum atomic E-state index is 9.56. The lowest BCUT2D eigenvalue weighted by atomic mass is 9.89. The van der Waals surface area contributed by atoms with Gasteiger partial charge in [0.25, 0.3) is 0 Å². The van der Waals surface area contributed by atoms with Crippen LogP contribution < -0.4 is 5.32 Å². The second-order valence-electron chi connectivity index (χ2n) is 5.55. The van der Waals surface area contributed by atoms with E-state index in [4.69, 9.17) is 0 Å². The lowest BCUT2D eigenvalue weighted by molar-refractivity contribution is 0.113. The molecule has 18 heavy (non-hydrogen) atoms. The van der Waals surface area contributed by atoms with Gasteiger partial charge in [0.1, 0.15) is 0 Å². The molecule has 4 heteroatoms. The van der Waals surface area contributed by atoms with Crippen molar-refractivity contribution in [2.45, 2.75) is 63.1 Å². The van der Waals surface area contributed by atoms with Gasteiger partial charge in [0.2, 0.25) is 0 Å². The number of aryl methyl sites for hydroxylation is 1. The van der Waals surface area contributed by atoms with E-state index in [1.807, 2.05) is 11.3 Å². The zero-order chi connectivity index (χ0) is 12.5. The van der Waals surface area contributed by atoms with E-state index in [0.29, 0.717) is 12.1 Å². The first-order valence-corrected chi connectivity index (χ1v) is 8.55. The summed E-state index contributed by atoms with van der Waals surface area (Å²) in [5.41, 5.74) is 1.52. The minimum Gasteiger partial charge on any atom is -0.393 e. The molecular weight excluding hydrogens is 310 g/mol. The van der Waals surface area contributed by atoms with E-state index in [2.05, 4.69) is 27.3 Å². The summed E-state index contributed by atoms with van der Waals surface area (Å²) in [7, 11) is 0. The minimum atomic E-state index is -0.0553. The zero-order valence-corrected chi connectivity index (χ0v) is 12.9. The summed E-state index contributed by atoms with van der Waals surface area (Å²) >= 11 is 5.50. The molecule has 3 rings (SSSR count). The molecule has 1 aromatic heterocycles. The number of nitrogens with one attached hydrogen (secondary N) is 1. The highest BCUT2D eigenvalue weighted by Crippen LogP contribution is 2.38. The number of hydrogen-bond donors (Lipinski definition) is 2. The summed E-state index contributed by atoms with van der Waals surface area (Å²) in [6, 6.07) is 3.44. The molecule has 0 aliphatic heterocycles. The van der Waals surface area contributed by atoms with Crippen LogP contribution in [0.2, 0.25) is 0 Å². The van der Waals surface area contributed by atoms with Gasteiger partial charge >= 0.3 is 0 Å². The Hall–Kier alpha value is 0.100. The molecular formula is C14H20BrNOS. The third-order valence-corrected chi connectivity index (χ3v) is 5.93. The minimum absolute atomic E-state index is 0.0553. The fourth-order valence-corrected chi connectivity index (χ4v) is 5.04. The quantitative estimate of drug-likeness (QED) is 0.865. The standard InChI is InChI=1S/C14H20BrNOS/c15-14-8-11-12(2-1-3-13(11)18-14)16-9-4-6-10(17)7-5-9/h8-10,12,16-17H,1-7H2. The number of fused-ring (bicyclic) bond motifs is 1. The van der Waals surface area contributed by atoms with E-state index >= 15 is 0 Å². The van der Waals surface area contributed by atoms with Gasteiger partial charge in [-0.2, -0.15) is 0 Å². The smallest absolute Gasteiger partial charge is 0.0704 e. The second kappa shape index (κ2) is 5.61. The Balaban J connectivity index is 1.67. The fraction of sp³-hybridized carbons (Fsp3) is 0.714. The number of aliphatic hydroxyl groups is 1. The first-order valence-electron chi connectivity index (χ1n) is 6.94. The maximum Gasteiger partial charge on any atom is 0.0704 e. The van der Waals surface area contributed by atoms with Gasteiger partial charge in [0.15, 0.2) is 0 Å². The largest absolute Gasteiger partial charge is 0.393 e. The van der Waals surface area contributed by atoms with Gasteiger partial charge in [-0.05, 0) is 72.5 Å². The average Bonchev–Trinajstić information content (AvgIpc) is 2.73. The average molecular weight is 330 g/mol. The van der Waals surface area contributed by atoms with Crippen LogP contribution in [0.3, 0.4) is 0 Å². The predicted molar refractivity (Wildman–Crippen MR) is 79.1 cm³/mol. The zero-order valence-electron chi connectivity index (χ0n) is 10.5. The highest BCUT2D eigenvalue weighted by Gasteiger charge is 2.26. The van der Waals surface area contributed by atoms with Crippen molar-refractivity contribution in [1.29, 1.82) is 0 Å². The van der Waals surface area contributed by atoms with E-state index < -0.39 is 0 Å². The van der Waals surface area contributed by atoms with Crippen LogP contribution in [-0.4, -0.2) is 17.3 Å². The van der Waals surface area contributed by atoms with Gasteiger partial charge in [-0.25, -0.2) is 0 Å². The summed E-state index contributed by atoms with van der Waals surface area (Å²) < 4.78 is 1.26. The van der Waals surface area contributed by atoms with E-state index in [0.717, 1.165) is 25.7 Å². The number of hydrogen-bond acceptors (Lipinski definition) is 3. The van der Waals surface area contributed by atoms with Gasteiger partial charge in [-0.3, -0.25) is 0 Å². The Bertz CT molecular complexity index is 412. The number of aliphatic hydroxyl groups excluding tert-OH is 1. The van der Waals surface area contributed by atoms with E-state index in [1.54, 1.807) is 4.88 Å². The molecule has 1 fully saturated rings. The highest BCUT2D eigenvalue weighted by atomic mass is 79.9. The van der Waals surface area contributed by atoms with Gasteiger partial charge in [-0.1, -0.05) is 0 Å². The molecule has 1 unspecified atom stereocenters. The Morgan fingerprint density at radius 2 is 2.00 bits per heavy atom. The Morgan fingerprint density at radius 3 is 2.78 bits per heavy atom. The summed E-state index contributed by atoms with van der Waals surface area (Å²) in [4.78, 5) is 1.56. The molecule has 0 amide bonds. The van der Waals surface area contributed by atoms with Crippen molar-refractivity contribution in [1.82, 2.24) is 5.32 Å². The Morgan fingerprint density at radius 1 is 1.22 bits per heavy atom. The van der Waals surface area contributed by atoms with Crippen LogP contribution in [0.15, 0.2) is 9.85 Å². The van der Waals surface area contributed by atoms with Crippen molar-refractivity contribution >= 4 is 27.3 Å². The molecule has 2 aliphatic rings. The molecule has 0 saturated heterocycles. The third-order valence-electron chi connectivity index (χ3n) is 4.22. The number of thiophene rings is 1. The van der Waals surface area contributed by atoms with Gasteiger partial charge in [0, 0.05) is 17.0 Å². The molecule has 100 valence electrons. The highest BCUT2D eigenvalue weighted by molar-refractivity contribution is 9.11. The van der Waals surface area contributed by atoms with Crippen molar-refractivity contribution in [2.75, 3.05) is 0 Å². The summed E-state index contributed by atoms with van der Waals surface area (Å²) in [6.07, 6.45) is 7.92. The van der Waals surface area contributed by atoms with Crippen LogP contribution in [0.1, 0.15) is 55.0 Å². The molecule has 2 N–H and O–H groups in total. The first kappa shape index (κ1) is 13.1. The Labute approximate surface area is 121 Å². The van der Waals surface area contributed by atoms with E-state index in [9.17, 15) is 5.11 Å². The van der Waals surface area contributed by atoms with Gasteiger partial charge in [0.05, 0.1) is 9.89 Å². The summed E-state index contributed by atoms with van der Waals surface area (Å²) in [5, 5.41) is 13.4. The number of rotatable bonds is 2. The number of halogens is 1. The van der Waals surface area contributed by atoms with Gasteiger partial charge < -0.3 is 10.4 Å². The van der Waals surface area contributed by atoms with Crippen LogP contribution >= 0.6 is 27.3 Å². The molecule has 2 nitrogen and oxygen atoms in total. The molecule has 0 spiro atoms. The van der Waals surface area contributed by atoms with Crippen molar-refractivity contribution in [2.24, 2.45) is 0 Å². The monoisotopic (exact) mass is 329 g/mol. The van der Waals surface area contributed by atoms with E-state index in [1.165, 1.54) is 28.6 Å². The van der Waals surface area contributed by atoms with Crippen LogP contribution in [0.5, 0.6) is 0 Å². The van der Waals surface area contributed by atoms with Crippen molar-refractivity contribution < 1.29 is 5.11 Å². The third kappa shape index (κ3) is 2.82. The summed E-state index contributed by atoms with van der Waals surface area (Å²) in [5.74, 6) is 0. The molecule has 1 atom stereocenters. The normalized spacial score (nSPS) is 32.2. The van der Waals surface area contributed by atoms with Crippen LogP contribution in [0.25, 0.3) is 0 Å². The molecule has 0 aromatic carbocycles. The fourth-order valence-electron chi connectivity index (χ4n) is 3.22. The predicted octanol–water partition coefficient (Wildman–Crippen LogP) is 3.78. The summed E-state index contributed by atoms with van der Waals surface area (Å²) in [6.45, 7) is 0. The SMILES string of the molecule is OC1CCC(NC2CCCc3sc(Br)cc32)CC1. The van der Waals surface area contributed by atoms with Crippen molar-refractivity contribution in [3.63, 3.8) is 0 Å². The Kier molecular flexibility index (Phi) is 4.09. The molecule has 2 aliphatic carbocycles. The first-order chi connectivity index (χ1) is 8.72. The topological polar surface area (TPSA) is 32.3 Å². The van der Waals surface area contributed by atoms with Crippen LogP contribution in [0, 0.1) is 0 Å². The van der Waals surface area contributed by atoms with E-state index in [-0.39, 0.29) is 6.10 Å². The van der Waals surface area contributed by atoms with Crippen LogP contribution in [-0.2, 0) is 6.42 Å². The second-order valence-corrected chi connectivity index (χ2v) is 8.06. The molecule has 0 radical (unpaired) electrons. The molecule has 1 aromatic rings. The van der Waals surface area contributed by atoms with Crippen LogP contribution in [0.4, 0.5) is 0 Å². The lowest BCUT2D eigenvalue weighted by Gasteiger charge is -2.32. The van der Waals surface area contributed by atoms with Gasteiger partial charge in [-0.15, -0.1) is 11.3 Å². The van der Waals surface area contributed by atoms with Crippen molar-refractivity contribution in [3.05, 3.63) is 20.3 Å². The molecule has 1 saturated carbocycles. The van der Waals surface area contributed by atoms with Crippen molar-refractivity contribution in [3.8, 4) is 0 Å². The molecule has 0 bridgehead atoms. The lowest BCUT2D eigenvalue weighted by Crippen LogP contribution is -2.38. The molecule has 1 heterocycles. The maximum absolute atomic E-state index is 9.56.